The zero-order chi connectivity index (χ0) is 18.5. The van der Waals surface area contributed by atoms with E-state index in [0.29, 0.717) is 12.5 Å². The molecule has 0 bridgehead atoms. The summed E-state index contributed by atoms with van der Waals surface area (Å²) in [4.78, 5) is 9.53. The summed E-state index contributed by atoms with van der Waals surface area (Å²) >= 11 is 1.92. The predicted octanol–water partition coefficient (Wildman–Crippen LogP) is 4.43. The standard InChI is InChI=1S/C22H30N2O2S/c1-18-2-3-21(27-18)16-24-12-8-22(9-13-24)20(7-15-26-22)6-14-25-17-19-4-10-23-11-5-19/h2-5,10-11,20H,6-9,12-17H2,1H3/t20-/m0/s1. The summed E-state index contributed by atoms with van der Waals surface area (Å²) in [7, 11) is 0. The monoisotopic (exact) mass is 386 g/mol. The lowest BCUT2D eigenvalue weighted by Gasteiger charge is -2.42. The van der Waals surface area contributed by atoms with Crippen LogP contribution in [0.2, 0.25) is 0 Å². The van der Waals surface area contributed by atoms with Crippen molar-refractivity contribution in [3.63, 3.8) is 0 Å². The molecule has 0 aromatic carbocycles. The summed E-state index contributed by atoms with van der Waals surface area (Å²) in [5.41, 5.74) is 1.29. The second kappa shape index (κ2) is 8.82. The van der Waals surface area contributed by atoms with Gasteiger partial charge in [-0.05, 0) is 68.4 Å². The quantitative estimate of drug-likeness (QED) is 0.660. The fourth-order valence-electron chi connectivity index (χ4n) is 4.52. The molecule has 27 heavy (non-hydrogen) atoms. The van der Waals surface area contributed by atoms with Crippen molar-refractivity contribution < 1.29 is 9.47 Å². The van der Waals surface area contributed by atoms with E-state index in [1.165, 1.54) is 21.7 Å². The van der Waals surface area contributed by atoms with Gasteiger partial charge in [0.15, 0.2) is 0 Å². The molecule has 2 fully saturated rings. The minimum Gasteiger partial charge on any atom is -0.377 e. The van der Waals surface area contributed by atoms with E-state index in [9.17, 15) is 0 Å². The molecule has 5 heteroatoms. The molecule has 0 saturated carbocycles. The Morgan fingerprint density at radius 1 is 1.22 bits per heavy atom. The number of piperidine rings is 1. The van der Waals surface area contributed by atoms with E-state index in [2.05, 4.69) is 28.9 Å². The van der Waals surface area contributed by atoms with Gasteiger partial charge in [-0.25, -0.2) is 0 Å². The van der Waals surface area contributed by atoms with Crippen molar-refractivity contribution >= 4 is 11.3 Å². The summed E-state index contributed by atoms with van der Waals surface area (Å²) in [6, 6.07) is 8.54. The van der Waals surface area contributed by atoms with E-state index in [1.54, 1.807) is 0 Å². The van der Waals surface area contributed by atoms with E-state index in [4.69, 9.17) is 9.47 Å². The lowest BCUT2D eigenvalue weighted by atomic mass is 9.78. The van der Waals surface area contributed by atoms with Gasteiger partial charge >= 0.3 is 0 Å². The van der Waals surface area contributed by atoms with Crippen molar-refractivity contribution in [1.29, 1.82) is 0 Å². The normalized spacial score (nSPS) is 22.5. The average molecular weight is 387 g/mol. The van der Waals surface area contributed by atoms with Crippen LogP contribution in [0, 0.1) is 12.8 Å². The van der Waals surface area contributed by atoms with Gasteiger partial charge in [0.1, 0.15) is 0 Å². The number of ether oxygens (including phenoxy) is 2. The minimum atomic E-state index is 0.0991. The van der Waals surface area contributed by atoms with Gasteiger partial charge in [0.25, 0.3) is 0 Å². The lowest BCUT2D eigenvalue weighted by Crippen LogP contribution is -2.47. The number of rotatable bonds is 7. The van der Waals surface area contributed by atoms with Crippen LogP contribution in [0.1, 0.15) is 41.0 Å². The van der Waals surface area contributed by atoms with E-state index >= 15 is 0 Å². The Morgan fingerprint density at radius 2 is 2.04 bits per heavy atom. The molecule has 1 atom stereocenters. The van der Waals surface area contributed by atoms with E-state index in [1.807, 2.05) is 35.9 Å². The number of aromatic nitrogens is 1. The second-order valence-electron chi connectivity index (χ2n) is 7.88. The Labute approximate surface area is 166 Å². The molecule has 0 amide bonds. The Balaban J connectivity index is 1.23. The number of likely N-dealkylation sites (tertiary alicyclic amines) is 1. The van der Waals surface area contributed by atoms with Crippen LogP contribution in [0.15, 0.2) is 36.7 Å². The summed E-state index contributed by atoms with van der Waals surface area (Å²) in [5, 5.41) is 0. The molecular weight excluding hydrogens is 356 g/mol. The third-order valence-corrected chi connectivity index (χ3v) is 7.09. The van der Waals surface area contributed by atoms with Crippen LogP contribution in [0.25, 0.3) is 0 Å². The smallest absolute Gasteiger partial charge is 0.0736 e. The highest BCUT2D eigenvalue weighted by atomic mass is 32.1. The van der Waals surface area contributed by atoms with Gasteiger partial charge in [0, 0.05) is 55.0 Å². The largest absolute Gasteiger partial charge is 0.377 e. The first-order chi connectivity index (χ1) is 13.2. The first kappa shape index (κ1) is 19.1. The van der Waals surface area contributed by atoms with E-state index in [-0.39, 0.29) is 5.60 Å². The van der Waals surface area contributed by atoms with Gasteiger partial charge in [-0.3, -0.25) is 9.88 Å². The van der Waals surface area contributed by atoms with Crippen LogP contribution in [0.5, 0.6) is 0 Å². The highest BCUT2D eigenvalue weighted by Crippen LogP contribution is 2.42. The van der Waals surface area contributed by atoms with Gasteiger partial charge < -0.3 is 9.47 Å². The van der Waals surface area contributed by atoms with Crippen molar-refractivity contribution in [2.75, 3.05) is 26.3 Å². The molecule has 0 N–H and O–H groups in total. The molecule has 2 aromatic rings. The highest BCUT2D eigenvalue weighted by molar-refractivity contribution is 7.11. The zero-order valence-corrected chi connectivity index (χ0v) is 17.0. The van der Waals surface area contributed by atoms with Gasteiger partial charge in [-0.15, -0.1) is 11.3 Å². The number of thiophene rings is 1. The van der Waals surface area contributed by atoms with Gasteiger partial charge in [-0.1, -0.05) is 0 Å². The minimum absolute atomic E-state index is 0.0991. The SMILES string of the molecule is Cc1ccc(CN2CCC3(CC2)OCC[C@@H]3CCOCc2ccncc2)s1. The van der Waals surface area contributed by atoms with Gasteiger partial charge in [0.2, 0.25) is 0 Å². The van der Waals surface area contributed by atoms with Gasteiger partial charge in [0.05, 0.1) is 12.2 Å². The third kappa shape index (κ3) is 4.77. The molecule has 0 unspecified atom stereocenters. The van der Waals surface area contributed by atoms with Crippen molar-refractivity contribution in [3.05, 3.63) is 52.0 Å². The number of hydrogen-bond donors (Lipinski definition) is 0. The number of aryl methyl sites for hydroxylation is 1. The van der Waals surface area contributed by atoms with Crippen LogP contribution in [0.4, 0.5) is 0 Å². The van der Waals surface area contributed by atoms with Crippen molar-refractivity contribution in [2.45, 2.75) is 51.4 Å². The van der Waals surface area contributed by atoms with Crippen molar-refractivity contribution in [1.82, 2.24) is 9.88 Å². The third-order valence-electron chi connectivity index (χ3n) is 6.11. The molecule has 0 radical (unpaired) electrons. The fraction of sp³-hybridized carbons (Fsp3) is 0.591. The van der Waals surface area contributed by atoms with Crippen molar-refractivity contribution in [3.8, 4) is 0 Å². The molecule has 2 saturated heterocycles. The molecule has 4 nitrogen and oxygen atoms in total. The molecule has 146 valence electrons. The zero-order valence-electron chi connectivity index (χ0n) is 16.2. The first-order valence-electron chi connectivity index (χ1n) is 10.1. The molecule has 4 rings (SSSR count). The molecular formula is C22H30N2O2S. The summed E-state index contributed by atoms with van der Waals surface area (Å²) in [6.07, 6.45) is 8.25. The lowest BCUT2D eigenvalue weighted by molar-refractivity contribution is -0.0732. The Bertz CT molecular complexity index is 710. The predicted molar refractivity (Wildman–Crippen MR) is 109 cm³/mol. The Kier molecular flexibility index (Phi) is 6.23. The van der Waals surface area contributed by atoms with E-state index in [0.717, 1.165) is 52.1 Å². The Hall–Kier alpha value is -1.27. The fourth-order valence-corrected chi connectivity index (χ4v) is 5.45. The number of pyridine rings is 1. The van der Waals surface area contributed by atoms with Crippen LogP contribution >= 0.6 is 11.3 Å². The molecule has 4 heterocycles. The number of hydrogen-bond acceptors (Lipinski definition) is 5. The average Bonchev–Trinajstić information content (AvgIpc) is 3.28. The van der Waals surface area contributed by atoms with Crippen LogP contribution in [-0.4, -0.2) is 41.8 Å². The molecule has 2 aromatic heterocycles. The van der Waals surface area contributed by atoms with E-state index < -0.39 is 0 Å². The first-order valence-corrected chi connectivity index (χ1v) is 10.9. The van der Waals surface area contributed by atoms with Crippen LogP contribution < -0.4 is 0 Å². The molecule has 2 aliphatic heterocycles. The molecule has 2 aliphatic rings. The number of nitrogens with zero attached hydrogens (tertiary/aromatic N) is 2. The Morgan fingerprint density at radius 3 is 2.78 bits per heavy atom. The van der Waals surface area contributed by atoms with Crippen molar-refractivity contribution in [2.24, 2.45) is 5.92 Å². The molecule has 0 aliphatic carbocycles. The topological polar surface area (TPSA) is 34.6 Å². The summed E-state index contributed by atoms with van der Waals surface area (Å²) in [6.45, 7) is 7.98. The summed E-state index contributed by atoms with van der Waals surface area (Å²) in [5.74, 6) is 0.640. The maximum Gasteiger partial charge on any atom is 0.0736 e. The highest BCUT2D eigenvalue weighted by Gasteiger charge is 2.45. The maximum absolute atomic E-state index is 6.32. The maximum atomic E-state index is 6.32. The molecule has 1 spiro atoms. The van der Waals surface area contributed by atoms with Crippen LogP contribution in [0.3, 0.4) is 0 Å². The second-order valence-corrected chi connectivity index (χ2v) is 9.26. The summed E-state index contributed by atoms with van der Waals surface area (Å²) < 4.78 is 12.2. The van der Waals surface area contributed by atoms with Crippen LogP contribution in [-0.2, 0) is 22.6 Å². The van der Waals surface area contributed by atoms with Gasteiger partial charge in [-0.2, -0.15) is 0 Å².